The minimum absolute atomic E-state index is 0.135. The van der Waals surface area contributed by atoms with E-state index in [-0.39, 0.29) is 17.3 Å². The Hall–Kier alpha value is -1.55. The molecule has 0 saturated carbocycles. The van der Waals surface area contributed by atoms with Crippen molar-refractivity contribution in [2.24, 2.45) is 0 Å². The van der Waals surface area contributed by atoms with Crippen molar-refractivity contribution in [1.29, 1.82) is 0 Å². The van der Waals surface area contributed by atoms with Crippen molar-refractivity contribution in [1.82, 2.24) is 4.98 Å². The molecule has 1 unspecified atom stereocenters. The van der Waals surface area contributed by atoms with Gasteiger partial charge in [0.15, 0.2) is 5.78 Å². The molecule has 0 fully saturated rings. The van der Waals surface area contributed by atoms with Gasteiger partial charge in [0, 0.05) is 10.7 Å². The van der Waals surface area contributed by atoms with Crippen molar-refractivity contribution in [2.75, 3.05) is 0 Å². The van der Waals surface area contributed by atoms with Crippen LogP contribution in [0.15, 0.2) is 41.0 Å². The minimum Gasteiger partial charge on any atom is -0.293 e. The molecule has 3 rings (SSSR count). The summed E-state index contributed by atoms with van der Waals surface area (Å²) in [6, 6.07) is 8.48. The second-order valence-corrected chi connectivity index (χ2v) is 5.81. The Morgan fingerprint density at radius 3 is 2.95 bits per heavy atom. The van der Waals surface area contributed by atoms with E-state index in [2.05, 4.69) is 20.9 Å². The van der Waals surface area contributed by atoms with E-state index in [4.69, 9.17) is 0 Å². The molecule has 1 atom stereocenters. The number of fused-ring (bicyclic) bond motifs is 1. The van der Waals surface area contributed by atoms with Gasteiger partial charge in [-0.3, -0.25) is 9.78 Å². The van der Waals surface area contributed by atoms with Gasteiger partial charge in [-0.15, -0.1) is 0 Å². The highest BCUT2D eigenvalue weighted by Gasteiger charge is 2.30. The first kappa shape index (κ1) is 13.4. The largest absolute Gasteiger partial charge is 0.293 e. The number of hydrogen-bond donors (Lipinski definition) is 0. The summed E-state index contributed by atoms with van der Waals surface area (Å²) in [6.07, 6.45) is 4.29. The average Bonchev–Trinajstić information content (AvgIpc) is 2.46. The molecule has 0 amide bonds. The van der Waals surface area contributed by atoms with E-state index in [1.54, 1.807) is 18.3 Å². The number of rotatable bonds is 2. The molecule has 0 bridgehead atoms. The van der Waals surface area contributed by atoms with Crippen LogP contribution < -0.4 is 0 Å². The summed E-state index contributed by atoms with van der Waals surface area (Å²) in [5, 5.41) is 0. The van der Waals surface area contributed by atoms with Crippen LogP contribution in [0, 0.1) is 5.82 Å². The molecule has 102 valence electrons. The highest BCUT2D eigenvalue weighted by molar-refractivity contribution is 9.10. The van der Waals surface area contributed by atoms with Gasteiger partial charge in [0.1, 0.15) is 5.82 Å². The summed E-state index contributed by atoms with van der Waals surface area (Å²) < 4.78 is 14.5. The van der Waals surface area contributed by atoms with Crippen molar-refractivity contribution >= 4 is 21.7 Å². The molecular formula is C16H13BrFNO. The SMILES string of the molecule is O=C(c1c(F)cccc1Br)C1CCCc2cccnc21. The van der Waals surface area contributed by atoms with Crippen LogP contribution in [-0.2, 0) is 6.42 Å². The summed E-state index contributed by atoms with van der Waals surface area (Å²) >= 11 is 3.27. The third-order valence-electron chi connectivity index (χ3n) is 3.72. The van der Waals surface area contributed by atoms with Crippen LogP contribution in [0.4, 0.5) is 4.39 Å². The molecule has 0 N–H and O–H groups in total. The van der Waals surface area contributed by atoms with Crippen molar-refractivity contribution in [3.05, 3.63) is 63.6 Å². The van der Waals surface area contributed by atoms with E-state index in [9.17, 15) is 9.18 Å². The second-order valence-electron chi connectivity index (χ2n) is 4.95. The molecule has 1 heterocycles. The Morgan fingerprint density at radius 2 is 2.15 bits per heavy atom. The zero-order valence-corrected chi connectivity index (χ0v) is 12.4. The monoisotopic (exact) mass is 333 g/mol. The third kappa shape index (κ3) is 2.29. The van der Waals surface area contributed by atoms with Gasteiger partial charge in [-0.25, -0.2) is 4.39 Å². The molecule has 1 aliphatic carbocycles. The fourth-order valence-electron chi connectivity index (χ4n) is 2.77. The van der Waals surface area contributed by atoms with Crippen LogP contribution in [0.5, 0.6) is 0 Å². The van der Waals surface area contributed by atoms with Crippen LogP contribution in [0.1, 0.15) is 40.4 Å². The van der Waals surface area contributed by atoms with Gasteiger partial charge in [-0.1, -0.05) is 12.1 Å². The van der Waals surface area contributed by atoms with Crippen LogP contribution in [0.2, 0.25) is 0 Å². The van der Waals surface area contributed by atoms with E-state index >= 15 is 0 Å². The van der Waals surface area contributed by atoms with Crippen molar-refractivity contribution in [3.8, 4) is 0 Å². The van der Waals surface area contributed by atoms with Gasteiger partial charge in [0.2, 0.25) is 0 Å². The number of pyridine rings is 1. The van der Waals surface area contributed by atoms with Crippen LogP contribution in [0.25, 0.3) is 0 Å². The first-order chi connectivity index (χ1) is 9.68. The van der Waals surface area contributed by atoms with Gasteiger partial charge < -0.3 is 0 Å². The number of benzene rings is 1. The Balaban J connectivity index is 2.05. The lowest BCUT2D eigenvalue weighted by Crippen LogP contribution is -2.21. The molecule has 0 aliphatic heterocycles. The lowest BCUT2D eigenvalue weighted by Gasteiger charge is -2.23. The zero-order valence-electron chi connectivity index (χ0n) is 10.8. The Kier molecular flexibility index (Phi) is 3.66. The molecule has 1 aliphatic rings. The summed E-state index contributed by atoms with van der Waals surface area (Å²) in [6.45, 7) is 0. The maximum atomic E-state index is 14.0. The van der Waals surface area contributed by atoms with Crippen molar-refractivity contribution < 1.29 is 9.18 Å². The number of Topliss-reactive ketones (excluding diaryl/α,β-unsaturated/α-hetero) is 1. The maximum Gasteiger partial charge on any atom is 0.175 e. The van der Waals surface area contributed by atoms with E-state index in [0.29, 0.717) is 4.47 Å². The smallest absolute Gasteiger partial charge is 0.175 e. The minimum atomic E-state index is -0.479. The quantitative estimate of drug-likeness (QED) is 0.767. The Labute approximate surface area is 125 Å². The van der Waals surface area contributed by atoms with Gasteiger partial charge in [-0.05, 0) is 59.0 Å². The maximum absolute atomic E-state index is 14.0. The fraction of sp³-hybridized carbons (Fsp3) is 0.250. The number of nitrogens with zero attached hydrogens (tertiary/aromatic N) is 1. The van der Waals surface area contributed by atoms with Gasteiger partial charge in [0.25, 0.3) is 0 Å². The number of halogens is 2. The summed E-state index contributed by atoms with van der Waals surface area (Å²) in [7, 11) is 0. The van der Waals surface area contributed by atoms with Crippen molar-refractivity contribution in [2.45, 2.75) is 25.2 Å². The molecular weight excluding hydrogens is 321 g/mol. The number of aromatic nitrogens is 1. The first-order valence-corrected chi connectivity index (χ1v) is 7.40. The highest BCUT2D eigenvalue weighted by atomic mass is 79.9. The van der Waals surface area contributed by atoms with E-state index < -0.39 is 5.82 Å². The molecule has 2 aromatic rings. The van der Waals surface area contributed by atoms with E-state index in [1.807, 2.05) is 12.1 Å². The number of aryl methyl sites for hydroxylation is 1. The topological polar surface area (TPSA) is 30.0 Å². The molecule has 0 spiro atoms. The van der Waals surface area contributed by atoms with Crippen LogP contribution in [0.3, 0.4) is 0 Å². The Bertz CT molecular complexity index is 651. The van der Waals surface area contributed by atoms with E-state index in [1.165, 1.54) is 6.07 Å². The summed E-state index contributed by atoms with van der Waals surface area (Å²) in [5.74, 6) is -1.00. The van der Waals surface area contributed by atoms with Crippen LogP contribution in [-0.4, -0.2) is 10.8 Å². The van der Waals surface area contributed by atoms with Gasteiger partial charge in [0.05, 0.1) is 17.2 Å². The lowest BCUT2D eigenvalue weighted by molar-refractivity contribution is 0.0944. The highest BCUT2D eigenvalue weighted by Crippen LogP contribution is 2.34. The number of ketones is 1. The molecule has 4 heteroatoms. The normalized spacial score (nSPS) is 17.6. The van der Waals surface area contributed by atoms with Gasteiger partial charge >= 0.3 is 0 Å². The standard InChI is InChI=1S/C16H13BrFNO/c17-12-7-2-8-13(18)14(12)16(20)11-6-1-4-10-5-3-9-19-15(10)11/h2-3,5,7-9,11H,1,4,6H2. The summed E-state index contributed by atoms with van der Waals surface area (Å²) in [4.78, 5) is 17.0. The molecule has 1 aromatic carbocycles. The average molecular weight is 334 g/mol. The third-order valence-corrected chi connectivity index (χ3v) is 4.38. The molecule has 2 nitrogen and oxygen atoms in total. The molecule has 20 heavy (non-hydrogen) atoms. The number of hydrogen-bond acceptors (Lipinski definition) is 2. The van der Waals surface area contributed by atoms with Crippen molar-refractivity contribution in [3.63, 3.8) is 0 Å². The number of carbonyl (C=O) groups is 1. The van der Waals surface area contributed by atoms with Gasteiger partial charge in [-0.2, -0.15) is 0 Å². The summed E-state index contributed by atoms with van der Waals surface area (Å²) in [5.41, 5.74) is 2.04. The predicted octanol–water partition coefficient (Wildman–Crippen LogP) is 4.29. The fourth-order valence-corrected chi connectivity index (χ4v) is 3.31. The predicted molar refractivity (Wildman–Crippen MR) is 78.3 cm³/mol. The molecule has 1 aromatic heterocycles. The molecule has 0 saturated heterocycles. The zero-order chi connectivity index (χ0) is 14.1. The second kappa shape index (κ2) is 5.44. The molecule has 0 radical (unpaired) electrons. The lowest BCUT2D eigenvalue weighted by atomic mass is 9.82. The number of carbonyl (C=O) groups excluding carboxylic acids is 1. The van der Waals surface area contributed by atoms with Crippen LogP contribution >= 0.6 is 15.9 Å². The Morgan fingerprint density at radius 1 is 1.30 bits per heavy atom. The first-order valence-electron chi connectivity index (χ1n) is 6.60. The van der Waals surface area contributed by atoms with E-state index in [0.717, 1.165) is 30.5 Å².